The van der Waals surface area contributed by atoms with Gasteiger partial charge in [-0.2, -0.15) is 0 Å². The molecule has 3 heteroatoms. The zero-order valence-electron chi connectivity index (χ0n) is 10.5. The van der Waals surface area contributed by atoms with Crippen molar-refractivity contribution in [3.8, 4) is 0 Å². The first kappa shape index (κ1) is 11.7. The van der Waals surface area contributed by atoms with Crippen molar-refractivity contribution < 1.29 is 9.53 Å². The fraction of sp³-hybridized carbons (Fsp3) is 0.533. The number of carbonyl (C=O) groups excluding carboxylic acids is 1. The minimum absolute atomic E-state index is 0.175. The van der Waals surface area contributed by atoms with Crippen molar-refractivity contribution in [1.82, 2.24) is 5.32 Å². The molecule has 3 atom stereocenters. The van der Waals surface area contributed by atoms with Gasteiger partial charge in [0.25, 0.3) is 0 Å². The molecule has 1 N–H and O–H groups in total. The van der Waals surface area contributed by atoms with Crippen molar-refractivity contribution in [1.29, 1.82) is 0 Å². The van der Waals surface area contributed by atoms with Gasteiger partial charge in [-0.1, -0.05) is 30.3 Å². The van der Waals surface area contributed by atoms with E-state index in [1.807, 2.05) is 18.2 Å². The molecule has 0 bridgehead atoms. The minimum Gasteiger partial charge on any atom is -0.376 e. The Bertz CT molecular complexity index is 412. The second-order valence-corrected chi connectivity index (χ2v) is 5.24. The Morgan fingerprint density at radius 1 is 1.33 bits per heavy atom. The lowest BCUT2D eigenvalue weighted by atomic mass is 10.1. The monoisotopic (exact) mass is 245 g/mol. The lowest BCUT2D eigenvalue weighted by Crippen LogP contribution is -2.33. The summed E-state index contributed by atoms with van der Waals surface area (Å²) in [5.41, 5.74) is 1.29. The van der Waals surface area contributed by atoms with Gasteiger partial charge in [-0.15, -0.1) is 0 Å². The number of rotatable bonds is 4. The molecule has 3 rings (SSSR count). The number of hydrogen-bond donors (Lipinski definition) is 1. The van der Waals surface area contributed by atoms with Gasteiger partial charge in [0.15, 0.2) is 0 Å². The Kier molecular flexibility index (Phi) is 3.33. The average molecular weight is 245 g/mol. The lowest BCUT2D eigenvalue weighted by molar-refractivity contribution is -0.122. The molecule has 1 amide bonds. The molecule has 0 spiro atoms. The quantitative estimate of drug-likeness (QED) is 0.882. The highest BCUT2D eigenvalue weighted by Gasteiger charge is 2.43. The van der Waals surface area contributed by atoms with Crippen LogP contribution in [-0.4, -0.2) is 25.2 Å². The first-order valence-corrected chi connectivity index (χ1v) is 6.79. The molecule has 0 radical (unpaired) electrons. The summed E-state index contributed by atoms with van der Waals surface area (Å²) in [5, 5.41) is 3.02. The first-order valence-electron chi connectivity index (χ1n) is 6.79. The molecule has 1 aromatic carbocycles. The van der Waals surface area contributed by atoms with Gasteiger partial charge in [0.05, 0.1) is 6.10 Å². The number of nitrogens with one attached hydrogen (secondary N) is 1. The molecule has 1 saturated heterocycles. The Hall–Kier alpha value is -1.35. The van der Waals surface area contributed by atoms with Gasteiger partial charge >= 0.3 is 0 Å². The molecule has 1 aliphatic heterocycles. The zero-order valence-corrected chi connectivity index (χ0v) is 10.5. The summed E-state index contributed by atoms with van der Waals surface area (Å²) < 4.78 is 5.50. The Labute approximate surface area is 108 Å². The van der Waals surface area contributed by atoms with Crippen LogP contribution in [0.5, 0.6) is 0 Å². The summed E-state index contributed by atoms with van der Waals surface area (Å²) in [6.45, 7) is 1.52. The molecule has 96 valence electrons. The summed E-state index contributed by atoms with van der Waals surface area (Å²) in [7, 11) is 0. The highest BCUT2D eigenvalue weighted by molar-refractivity contribution is 5.82. The van der Waals surface area contributed by atoms with Gasteiger partial charge < -0.3 is 10.1 Å². The molecule has 2 aliphatic rings. The van der Waals surface area contributed by atoms with E-state index in [1.54, 1.807) is 0 Å². The second kappa shape index (κ2) is 5.11. The predicted molar refractivity (Wildman–Crippen MR) is 69.3 cm³/mol. The van der Waals surface area contributed by atoms with Crippen molar-refractivity contribution in [2.45, 2.75) is 31.3 Å². The van der Waals surface area contributed by atoms with E-state index in [0.29, 0.717) is 12.5 Å². The van der Waals surface area contributed by atoms with Crippen molar-refractivity contribution in [3.63, 3.8) is 0 Å². The topological polar surface area (TPSA) is 38.3 Å². The maximum Gasteiger partial charge on any atom is 0.223 e. The molecule has 0 unspecified atom stereocenters. The smallest absolute Gasteiger partial charge is 0.223 e. The number of amides is 1. The SMILES string of the molecule is O=C(NC[C@@H]1CCCO1)[C@H]1C[C@@H]1c1ccccc1. The van der Waals surface area contributed by atoms with Gasteiger partial charge in [-0.05, 0) is 30.7 Å². The van der Waals surface area contributed by atoms with Crippen LogP contribution >= 0.6 is 0 Å². The standard InChI is InChI=1S/C15H19NO2/c17-15(16-10-12-7-4-8-18-12)14-9-13(14)11-5-2-1-3-6-11/h1-3,5-6,12-14H,4,7-10H2,(H,16,17)/t12-,13+,14-/m0/s1. The molecule has 0 aromatic heterocycles. The average Bonchev–Trinajstić information content (AvgIpc) is 3.05. The van der Waals surface area contributed by atoms with Crippen LogP contribution in [0.25, 0.3) is 0 Å². The normalized spacial score (nSPS) is 30.1. The van der Waals surface area contributed by atoms with Crippen LogP contribution in [0.2, 0.25) is 0 Å². The van der Waals surface area contributed by atoms with Gasteiger partial charge in [0.1, 0.15) is 0 Å². The van der Waals surface area contributed by atoms with E-state index in [-0.39, 0.29) is 17.9 Å². The minimum atomic E-state index is 0.175. The van der Waals surface area contributed by atoms with E-state index >= 15 is 0 Å². The van der Waals surface area contributed by atoms with Gasteiger partial charge in [-0.3, -0.25) is 4.79 Å². The molecular formula is C15H19NO2. The van der Waals surface area contributed by atoms with Gasteiger partial charge in [0, 0.05) is 19.1 Å². The van der Waals surface area contributed by atoms with E-state index < -0.39 is 0 Å². The molecule has 1 heterocycles. The van der Waals surface area contributed by atoms with Gasteiger partial charge in [-0.25, -0.2) is 0 Å². The van der Waals surface area contributed by atoms with Crippen molar-refractivity contribution >= 4 is 5.91 Å². The first-order chi connectivity index (χ1) is 8.84. The molecule has 1 aromatic rings. The number of ether oxygens (including phenoxy) is 1. The second-order valence-electron chi connectivity index (χ2n) is 5.24. The third kappa shape index (κ3) is 2.56. The summed E-state index contributed by atoms with van der Waals surface area (Å²) in [6.07, 6.45) is 3.42. The molecule has 18 heavy (non-hydrogen) atoms. The van der Waals surface area contributed by atoms with Crippen molar-refractivity contribution in [3.05, 3.63) is 35.9 Å². The van der Waals surface area contributed by atoms with E-state index in [2.05, 4.69) is 17.4 Å². The molecule has 1 saturated carbocycles. The van der Waals surface area contributed by atoms with Crippen LogP contribution in [0.3, 0.4) is 0 Å². The van der Waals surface area contributed by atoms with E-state index in [0.717, 1.165) is 25.9 Å². The summed E-state index contributed by atoms with van der Waals surface area (Å²) >= 11 is 0. The van der Waals surface area contributed by atoms with Gasteiger partial charge in [0.2, 0.25) is 5.91 Å². The fourth-order valence-electron chi connectivity index (χ4n) is 2.70. The Morgan fingerprint density at radius 3 is 2.89 bits per heavy atom. The molecule has 3 nitrogen and oxygen atoms in total. The van der Waals surface area contributed by atoms with Crippen molar-refractivity contribution in [2.24, 2.45) is 5.92 Å². The molecular weight excluding hydrogens is 226 g/mol. The number of carbonyl (C=O) groups is 1. The third-order valence-corrected chi connectivity index (χ3v) is 3.88. The van der Waals surface area contributed by atoms with E-state index in [4.69, 9.17) is 4.74 Å². The molecule has 1 aliphatic carbocycles. The molecule has 2 fully saturated rings. The van der Waals surface area contributed by atoms with Crippen LogP contribution in [0.1, 0.15) is 30.7 Å². The number of hydrogen-bond acceptors (Lipinski definition) is 2. The Balaban J connectivity index is 1.47. The largest absolute Gasteiger partial charge is 0.376 e. The maximum absolute atomic E-state index is 12.0. The maximum atomic E-state index is 12.0. The zero-order chi connectivity index (χ0) is 12.4. The Morgan fingerprint density at radius 2 is 2.17 bits per heavy atom. The third-order valence-electron chi connectivity index (χ3n) is 3.88. The lowest BCUT2D eigenvalue weighted by Gasteiger charge is -2.10. The fourth-order valence-corrected chi connectivity index (χ4v) is 2.70. The summed E-state index contributed by atoms with van der Waals surface area (Å²) in [4.78, 5) is 12.0. The predicted octanol–water partition coefficient (Wildman–Crippen LogP) is 2.09. The van der Waals surface area contributed by atoms with Crippen LogP contribution in [-0.2, 0) is 9.53 Å². The van der Waals surface area contributed by atoms with Crippen LogP contribution in [0, 0.1) is 5.92 Å². The van der Waals surface area contributed by atoms with E-state index in [9.17, 15) is 4.79 Å². The summed E-state index contributed by atoms with van der Waals surface area (Å²) in [6, 6.07) is 10.3. The number of benzene rings is 1. The van der Waals surface area contributed by atoms with Crippen LogP contribution < -0.4 is 5.32 Å². The highest BCUT2D eigenvalue weighted by atomic mass is 16.5. The van der Waals surface area contributed by atoms with Crippen LogP contribution in [0.4, 0.5) is 0 Å². The van der Waals surface area contributed by atoms with E-state index in [1.165, 1.54) is 5.56 Å². The highest BCUT2D eigenvalue weighted by Crippen LogP contribution is 2.47. The summed E-state index contributed by atoms with van der Waals surface area (Å²) in [5.74, 6) is 0.795. The van der Waals surface area contributed by atoms with Crippen LogP contribution in [0.15, 0.2) is 30.3 Å². The van der Waals surface area contributed by atoms with Crippen molar-refractivity contribution in [2.75, 3.05) is 13.2 Å².